The molecule has 6 heteroatoms. The fourth-order valence-electron chi connectivity index (χ4n) is 3.21. The molecule has 0 amide bonds. The number of halogens is 1. The van der Waals surface area contributed by atoms with Gasteiger partial charge < -0.3 is 9.52 Å². The van der Waals surface area contributed by atoms with Crippen LogP contribution in [0.15, 0.2) is 46.9 Å². The maximum Gasteiger partial charge on any atom is 0.336 e. The summed E-state index contributed by atoms with van der Waals surface area (Å²) in [6, 6.07) is 11.9. The lowest BCUT2D eigenvalue weighted by Gasteiger charge is -2.10. The molecule has 0 atom stereocenters. The van der Waals surface area contributed by atoms with Crippen molar-refractivity contribution in [3.05, 3.63) is 59.2 Å². The summed E-state index contributed by atoms with van der Waals surface area (Å²) in [6.45, 7) is 3.67. The number of furan rings is 1. The molecular formula is C20H14FNO4. The molecule has 0 unspecified atom stereocenters. The van der Waals surface area contributed by atoms with Crippen molar-refractivity contribution < 1.29 is 23.8 Å². The lowest BCUT2D eigenvalue weighted by molar-refractivity contribution is -0.00432. The third-order valence-electron chi connectivity index (χ3n) is 4.51. The fourth-order valence-corrected chi connectivity index (χ4v) is 3.21. The molecule has 0 saturated carbocycles. The molecule has 0 bridgehead atoms. The summed E-state index contributed by atoms with van der Waals surface area (Å²) in [4.78, 5) is 20.2. The largest absolute Gasteiger partial charge is 0.478 e. The van der Waals surface area contributed by atoms with Gasteiger partial charge in [-0.05, 0) is 37.6 Å². The van der Waals surface area contributed by atoms with Gasteiger partial charge in [-0.1, -0.05) is 24.3 Å². The van der Waals surface area contributed by atoms with Crippen molar-refractivity contribution in [1.82, 2.24) is 4.98 Å². The summed E-state index contributed by atoms with van der Waals surface area (Å²) >= 11 is 0. The summed E-state index contributed by atoms with van der Waals surface area (Å²) in [5, 5.41) is 10.7. The number of rotatable bonds is 3. The van der Waals surface area contributed by atoms with Gasteiger partial charge in [-0.2, -0.15) is 0 Å². The van der Waals surface area contributed by atoms with E-state index in [1.807, 2.05) is 31.2 Å². The van der Waals surface area contributed by atoms with Gasteiger partial charge in [0.1, 0.15) is 11.3 Å². The van der Waals surface area contributed by atoms with Crippen LogP contribution in [0.3, 0.4) is 0 Å². The second kappa shape index (κ2) is 5.84. The minimum atomic E-state index is -1.20. The van der Waals surface area contributed by atoms with E-state index in [1.54, 1.807) is 13.0 Å². The molecule has 0 radical (unpaired) electrons. The average Bonchev–Trinajstić information content (AvgIpc) is 2.98. The first-order valence-electron chi connectivity index (χ1n) is 7.96. The van der Waals surface area contributed by atoms with Crippen LogP contribution in [0.2, 0.25) is 0 Å². The number of aromatic carboxylic acids is 1. The lowest BCUT2D eigenvalue weighted by Crippen LogP contribution is -2.02. The van der Waals surface area contributed by atoms with Gasteiger partial charge in [0.15, 0.2) is 11.5 Å². The summed E-state index contributed by atoms with van der Waals surface area (Å²) in [7, 11) is 0. The van der Waals surface area contributed by atoms with Gasteiger partial charge in [0, 0.05) is 15.5 Å². The standard InChI is InChI=1S/C20H14FNO4/c1-10-7-8-16(26-21)17-13(20(23)24)9-14(22-18(10)17)19-11(2)12-5-3-4-6-15(12)25-19/h3-9H,1-2H3,(H,23,24). The van der Waals surface area contributed by atoms with Crippen molar-refractivity contribution in [3.63, 3.8) is 0 Å². The Labute approximate surface area is 147 Å². The molecule has 2 aromatic heterocycles. The van der Waals surface area contributed by atoms with Gasteiger partial charge in [0.05, 0.1) is 16.5 Å². The summed E-state index contributed by atoms with van der Waals surface area (Å²) in [5.74, 6) is -0.888. The number of pyridine rings is 1. The van der Waals surface area contributed by atoms with Crippen LogP contribution in [0.5, 0.6) is 5.75 Å². The van der Waals surface area contributed by atoms with E-state index >= 15 is 0 Å². The number of benzene rings is 2. The molecule has 4 aromatic rings. The third-order valence-corrected chi connectivity index (χ3v) is 4.51. The topological polar surface area (TPSA) is 72.6 Å². The molecule has 26 heavy (non-hydrogen) atoms. The van der Waals surface area contributed by atoms with Crippen LogP contribution in [0.4, 0.5) is 4.53 Å². The number of hydrogen-bond donors (Lipinski definition) is 1. The quantitative estimate of drug-likeness (QED) is 0.547. The zero-order valence-electron chi connectivity index (χ0n) is 14.0. The molecule has 4 rings (SSSR count). The van der Waals surface area contributed by atoms with E-state index in [0.29, 0.717) is 28.1 Å². The molecule has 5 nitrogen and oxygen atoms in total. The molecule has 2 heterocycles. The molecule has 1 N–H and O–H groups in total. The van der Waals surface area contributed by atoms with E-state index < -0.39 is 5.97 Å². The number of carbonyl (C=O) groups is 1. The second-order valence-electron chi connectivity index (χ2n) is 6.09. The maximum atomic E-state index is 12.9. The van der Waals surface area contributed by atoms with Gasteiger partial charge >= 0.3 is 5.97 Å². The first-order valence-corrected chi connectivity index (χ1v) is 7.96. The number of para-hydroxylation sites is 1. The van der Waals surface area contributed by atoms with E-state index in [1.165, 1.54) is 12.1 Å². The molecule has 2 aromatic carbocycles. The number of aromatic nitrogens is 1. The Bertz CT molecular complexity index is 1180. The Morgan fingerprint density at radius 3 is 2.65 bits per heavy atom. The number of aryl methyl sites for hydroxylation is 2. The minimum absolute atomic E-state index is 0.0961. The molecular weight excluding hydrogens is 337 g/mol. The monoisotopic (exact) mass is 351 g/mol. The Hall–Kier alpha value is -3.41. The summed E-state index contributed by atoms with van der Waals surface area (Å²) < 4.78 is 18.8. The Balaban J connectivity index is 2.09. The third kappa shape index (κ3) is 2.30. The van der Waals surface area contributed by atoms with Gasteiger partial charge in [0.2, 0.25) is 0 Å². The maximum absolute atomic E-state index is 12.9. The predicted octanol–water partition coefficient (Wildman–Crippen LogP) is 5.23. The van der Waals surface area contributed by atoms with Crippen LogP contribution >= 0.6 is 0 Å². The van der Waals surface area contributed by atoms with Crippen LogP contribution in [-0.2, 0) is 0 Å². The van der Waals surface area contributed by atoms with E-state index in [2.05, 4.69) is 9.93 Å². The van der Waals surface area contributed by atoms with Crippen LogP contribution in [0, 0.1) is 13.8 Å². The Morgan fingerprint density at radius 2 is 1.96 bits per heavy atom. The zero-order chi connectivity index (χ0) is 18.4. The van der Waals surface area contributed by atoms with E-state index in [9.17, 15) is 14.4 Å². The van der Waals surface area contributed by atoms with Crippen molar-refractivity contribution >= 4 is 27.8 Å². The SMILES string of the molecule is Cc1c(-c2cc(C(=O)O)c3c(OF)ccc(C)c3n2)oc2ccccc12. The predicted molar refractivity (Wildman–Crippen MR) is 95.1 cm³/mol. The molecule has 130 valence electrons. The van der Waals surface area contributed by atoms with Gasteiger partial charge in [-0.25, -0.2) is 9.78 Å². The van der Waals surface area contributed by atoms with Crippen LogP contribution in [-0.4, -0.2) is 16.1 Å². The Kier molecular flexibility index (Phi) is 3.61. The van der Waals surface area contributed by atoms with E-state index in [-0.39, 0.29) is 16.7 Å². The highest BCUT2D eigenvalue weighted by Crippen LogP contribution is 2.37. The summed E-state index contributed by atoms with van der Waals surface area (Å²) in [5.41, 5.74) is 2.90. The number of carboxylic acid groups (broad SMARTS) is 1. The highest BCUT2D eigenvalue weighted by atomic mass is 19.3. The van der Waals surface area contributed by atoms with Gasteiger partial charge in [-0.3, -0.25) is 4.94 Å². The van der Waals surface area contributed by atoms with E-state index in [4.69, 9.17) is 4.42 Å². The minimum Gasteiger partial charge on any atom is -0.478 e. The van der Waals surface area contributed by atoms with Crippen LogP contribution in [0.1, 0.15) is 21.5 Å². The van der Waals surface area contributed by atoms with Gasteiger partial charge in [-0.15, -0.1) is 0 Å². The highest BCUT2D eigenvalue weighted by Gasteiger charge is 2.21. The first-order chi connectivity index (χ1) is 12.5. The fraction of sp³-hybridized carbons (Fsp3) is 0.100. The molecule has 0 aliphatic carbocycles. The van der Waals surface area contributed by atoms with Crippen molar-refractivity contribution in [2.75, 3.05) is 0 Å². The number of nitrogens with zero attached hydrogens (tertiary/aromatic N) is 1. The van der Waals surface area contributed by atoms with E-state index in [0.717, 1.165) is 10.9 Å². The van der Waals surface area contributed by atoms with Crippen LogP contribution < -0.4 is 4.94 Å². The number of carboxylic acids is 1. The smallest absolute Gasteiger partial charge is 0.336 e. The lowest BCUT2D eigenvalue weighted by atomic mass is 10.0. The van der Waals surface area contributed by atoms with Crippen LogP contribution in [0.25, 0.3) is 33.3 Å². The zero-order valence-corrected chi connectivity index (χ0v) is 14.0. The van der Waals surface area contributed by atoms with Crippen molar-refractivity contribution in [2.24, 2.45) is 0 Å². The first kappa shape index (κ1) is 16.1. The number of hydrogen-bond acceptors (Lipinski definition) is 4. The molecule has 0 spiro atoms. The van der Waals surface area contributed by atoms with Crippen molar-refractivity contribution in [1.29, 1.82) is 0 Å². The van der Waals surface area contributed by atoms with Crippen molar-refractivity contribution in [3.8, 4) is 17.2 Å². The second-order valence-corrected chi connectivity index (χ2v) is 6.09. The molecule has 0 aliphatic heterocycles. The summed E-state index contributed by atoms with van der Waals surface area (Å²) in [6.07, 6.45) is 0. The molecule has 0 fully saturated rings. The normalized spacial score (nSPS) is 11.2. The average molecular weight is 351 g/mol. The highest BCUT2D eigenvalue weighted by molar-refractivity contribution is 6.07. The molecule has 0 saturated heterocycles. The molecule has 0 aliphatic rings. The van der Waals surface area contributed by atoms with Crippen molar-refractivity contribution in [2.45, 2.75) is 13.8 Å². The van der Waals surface area contributed by atoms with Gasteiger partial charge in [0.25, 0.3) is 0 Å². The Morgan fingerprint density at radius 1 is 1.19 bits per heavy atom. The number of fused-ring (bicyclic) bond motifs is 2.